The highest BCUT2D eigenvalue weighted by Gasteiger charge is 2.09. The Morgan fingerprint density at radius 3 is 2.88 bits per heavy atom. The van der Waals surface area contributed by atoms with Crippen molar-refractivity contribution in [3.63, 3.8) is 0 Å². The van der Waals surface area contributed by atoms with Crippen LogP contribution in [0.2, 0.25) is 5.02 Å². The topological polar surface area (TPSA) is 63.8 Å². The van der Waals surface area contributed by atoms with Crippen LogP contribution in [0, 0.1) is 6.92 Å². The number of benzene rings is 1. The Kier molecular flexibility index (Phi) is 3.49. The van der Waals surface area contributed by atoms with E-state index in [-0.39, 0.29) is 5.82 Å². The van der Waals surface area contributed by atoms with E-state index >= 15 is 0 Å². The first-order valence-electron chi connectivity index (χ1n) is 4.87. The van der Waals surface area contributed by atoms with Crippen molar-refractivity contribution in [2.45, 2.75) is 6.92 Å². The molecule has 2 aromatic rings. The van der Waals surface area contributed by atoms with Crippen LogP contribution < -0.4 is 11.1 Å². The summed E-state index contributed by atoms with van der Waals surface area (Å²) in [7, 11) is 0. The second kappa shape index (κ2) is 4.89. The zero-order chi connectivity index (χ0) is 12.4. The van der Waals surface area contributed by atoms with Crippen molar-refractivity contribution in [2.75, 3.05) is 11.1 Å². The van der Waals surface area contributed by atoms with Crippen LogP contribution >= 0.6 is 27.5 Å². The summed E-state index contributed by atoms with van der Waals surface area (Å²) in [5.74, 6) is 0.749. The summed E-state index contributed by atoms with van der Waals surface area (Å²) in [6.45, 7) is 2.01. The van der Waals surface area contributed by atoms with E-state index in [1.165, 1.54) is 6.33 Å². The highest BCUT2D eigenvalue weighted by Crippen LogP contribution is 2.31. The van der Waals surface area contributed by atoms with E-state index < -0.39 is 0 Å². The summed E-state index contributed by atoms with van der Waals surface area (Å²) in [6.07, 6.45) is 1.37. The van der Waals surface area contributed by atoms with Gasteiger partial charge in [-0.15, -0.1) is 0 Å². The van der Waals surface area contributed by atoms with Crippen molar-refractivity contribution in [2.24, 2.45) is 0 Å². The molecule has 0 saturated carbocycles. The van der Waals surface area contributed by atoms with Crippen LogP contribution in [-0.4, -0.2) is 9.97 Å². The third-order valence-corrected chi connectivity index (χ3v) is 3.69. The van der Waals surface area contributed by atoms with E-state index in [0.29, 0.717) is 10.8 Å². The summed E-state index contributed by atoms with van der Waals surface area (Å²) >= 11 is 9.51. The quantitative estimate of drug-likeness (QED) is 0.890. The minimum atomic E-state index is 0.257. The second-order valence-corrected chi connectivity index (χ2v) is 4.65. The Morgan fingerprint density at radius 1 is 1.35 bits per heavy atom. The lowest BCUT2D eigenvalue weighted by Gasteiger charge is -2.11. The molecule has 2 rings (SSSR count). The van der Waals surface area contributed by atoms with Crippen LogP contribution in [0.4, 0.5) is 17.3 Å². The van der Waals surface area contributed by atoms with Crippen molar-refractivity contribution in [1.29, 1.82) is 0 Å². The molecule has 0 radical (unpaired) electrons. The first-order valence-corrected chi connectivity index (χ1v) is 6.05. The van der Waals surface area contributed by atoms with E-state index in [1.807, 2.05) is 25.1 Å². The summed E-state index contributed by atoms with van der Waals surface area (Å²) in [4.78, 5) is 7.85. The second-order valence-electron chi connectivity index (χ2n) is 3.48. The van der Waals surface area contributed by atoms with Gasteiger partial charge in [0.2, 0.25) is 0 Å². The maximum atomic E-state index is 6.01. The minimum absolute atomic E-state index is 0.257. The van der Waals surface area contributed by atoms with Crippen LogP contribution in [-0.2, 0) is 0 Å². The zero-order valence-electron chi connectivity index (χ0n) is 9.04. The predicted octanol–water partition coefficient (Wildman–Crippen LogP) is 3.53. The van der Waals surface area contributed by atoms with Gasteiger partial charge >= 0.3 is 0 Å². The van der Waals surface area contributed by atoms with Crippen molar-refractivity contribution in [1.82, 2.24) is 9.97 Å². The normalized spacial score (nSPS) is 10.3. The summed E-state index contributed by atoms with van der Waals surface area (Å²) in [5.41, 5.74) is 7.61. The Hall–Kier alpha value is -1.33. The number of nitrogens with two attached hydrogens (primary N) is 1. The van der Waals surface area contributed by atoms with Gasteiger partial charge in [0, 0.05) is 4.47 Å². The van der Waals surface area contributed by atoms with Gasteiger partial charge in [0.15, 0.2) is 5.82 Å². The fourth-order valence-electron chi connectivity index (χ4n) is 1.34. The van der Waals surface area contributed by atoms with Gasteiger partial charge in [0.25, 0.3) is 0 Å². The molecule has 0 unspecified atom stereocenters. The third-order valence-electron chi connectivity index (χ3n) is 2.26. The number of nitrogens with one attached hydrogen (secondary N) is 1. The number of nitrogen functional groups attached to an aromatic ring is 1. The Balaban J connectivity index is 2.38. The molecule has 0 aliphatic carbocycles. The first kappa shape index (κ1) is 12.1. The lowest BCUT2D eigenvalue weighted by Crippen LogP contribution is -2.00. The number of aromatic nitrogens is 2. The maximum absolute atomic E-state index is 6.01. The number of rotatable bonds is 2. The summed E-state index contributed by atoms with van der Waals surface area (Å²) in [5, 5.41) is 3.43. The van der Waals surface area contributed by atoms with E-state index in [1.54, 1.807) is 0 Å². The number of aryl methyl sites for hydroxylation is 1. The predicted molar refractivity (Wildman–Crippen MR) is 73.6 cm³/mol. The van der Waals surface area contributed by atoms with Crippen molar-refractivity contribution in [3.8, 4) is 0 Å². The monoisotopic (exact) mass is 312 g/mol. The standard InChI is InChI=1S/C11H10BrClN4/c1-6-3-2-4-7(8(6)12)17-11-9(13)10(14)15-5-16-11/h2-5H,1H3,(H3,14,15,16,17). The fourth-order valence-corrected chi connectivity index (χ4v) is 1.85. The van der Waals surface area contributed by atoms with Gasteiger partial charge in [0.05, 0.1) is 5.69 Å². The van der Waals surface area contributed by atoms with Gasteiger partial charge < -0.3 is 11.1 Å². The molecule has 0 aliphatic heterocycles. The van der Waals surface area contributed by atoms with Gasteiger partial charge in [-0.05, 0) is 34.5 Å². The van der Waals surface area contributed by atoms with E-state index in [4.69, 9.17) is 17.3 Å². The molecule has 1 heterocycles. The Bertz CT molecular complexity index is 510. The van der Waals surface area contributed by atoms with E-state index in [9.17, 15) is 0 Å². The highest BCUT2D eigenvalue weighted by molar-refractivity contribution is 9.10. The van der Waals surface area contributed by atoms with Crippen LogP contribution in [0.15, 0.2) is 29.0 Å². The summed E-state index contributed by atoms with van der Waals surface area (Å²) < 4.78 is 0.966. The zero-order valence-corrected chi connectivity index (χ0v) is 11.4. The molecular weight excluding hydrogens is 304 g/mol. The number of anilines is 3. The molecule has 3 N–H and O–H groups in total. The lowest BCUT2D eigenvalue weighted by molar-refractivity contribution is 1.17. The van der Waals surface area contributed by atoms with E-state index in [2.05, 4.69) is 31.2 Å². The number of hydrogen-bond acceptors (Lipinski definition) is 4. The molecule has 0 fully saturated rings. The van der Waals surface area contributed by atoms with Crippen LogP contribution in [0.25, 0.3) is 0 Å². The largest absolute Gasteiger partial charge is 0.382 e. The molecule has 6 heteroatoms. The Morgan fingerprint density at radius 2 is 2.12 bits per heavy atom. The average Bonchev–Trinajstić information content (AvgIpc) is 2.31. The first-order chi connectivity index (χ1) is 8.09. The molecule has 0 aliphatic rings. The summed E-state index contributed by atoms with van der Waals surface area (Å²) in [6, 6.07) is 5.87. The third kappa shape index (κ3) is 2.50. The van der Waals surface area contributed by atoms with Crippen LogP contribution in [0.5, 0.6) is 0 Å². The fraction of sp³-hybridized carbons (Fsp3) is 0.0909. The van der Waals surface area contributed by atoms with Crippen LogP contribution in [0.3, 0.4) is 0 Å². The minimum Gasteiger partial charge on any atom is -0.382 e. The molecular formula is C11H10BrClN4. The molecule has 0 spiro atoms. The molecule has 0 amide bonds. The number of hydrogen-bond donors (Lipinski definition) is 2. The van der Waals surface area contributed by atoms with Gasteiger partial charge in [-0.25, -0.2) is 9.97 Å². The average molecular weight is 314 g/mol. The molecule has 1 aromatic heterocycles. The maximum Gasteiger partial charge on any atom is 0.154 e. The van der Waals surface area contributed by atoms with Gasteiger partial charge in [-0.2, -0.15) is 0 Å². The molecule has 88 valence electrons. The molecule has 17 heavy (non-hydrogen) atoms. The molecule has 1 aromatic carbocycles. The number of nitrogens with zero attached hydrogens (tertiary/aromatic N) is 2. The van der Waals surface area contributed by atoms with E-state index in [0.717, 1.165) is 15.7 Å². The van der Waals surface area contributed by atoms with Crippen molar-refractivity contribution < 1.29 is 0 Å². The number of halogens is 2. The van der Waals surface area contributed by atoms with Gasteiger partial charge in [-0.1, -0.05) is 23.7 Å². The SMILES string of the molecule is Cc1cccc(Nc2ncnc(N)c2Cl)c1Br. The van der Waals surface area contributed by atoms with Gasteiger partial charge in [-0.3, -0.25) is 0 Å². The molecule has 0 atom stereocenters. The lowest BCUT2D eigenvalue weighted by atomic mass is 10.2. The molecule has 0 saturated heterocycles. The van der Waals surface area contributed by atoms with Crippen LogP contribution in [0.1, 0.15) is 5.56 Å². The smallest absolute Gasteiger partial charge is 0.154 e. The highest BCUT2D eigenvalue weighted by atomic mass is 79.9. The van der Waals surface area contributed by atoms with Crippen molar-refractivity contribution in [3.05, 3.63) is 39.6 Å². The molecule has 0 bridgehead atoms. The van der Waals surface area contributed by atoms with Crippen molar-refractivity contribution >= 4 is 44.9 Å². The van der Waals surface area contributed by atoms with Gasteiger partial charge in [0.1, 0.15) is 17.2 Å². The Labute approximate surface area is 112 Å². The molecule has 4 nitrogen and oxygen atoms in total.